The predicted molar refractivity (Wildman–Crippen MR) is 165 cm³/mol. The average molecular weight is 727 g/mol. The number of rotatable bonds is 17. The normalized spacial score (nSPS) is 14.1. The van der Waals surface area contributed by atoms with Gasteiger partial charge in [-0.2, -0.15) is 0 Å². The van der Waals surface area contributed by atoms with Crippen molar-refractivity contribution in [2.45, 2.75) is 92.0 Å². The van der Waals surface area contributed by atoms with Crippen LogP contribution in [0.25, 0.3) is 0 Å². The summed E-state index contributed by atoms with van der Waals surface area (Å²) < 4.78 is 2.56. The molecule has 0 aliphatic heterocycles. The molecule has 0 spiro atoms. The van der Waals surface area contributed by atoms with Crippen LogP contribution in [0.5, 0.6) is 0 Å². The minimum atomic E-state index is -2.38. The highest BCUT2D eigenvalue weighted by Gasteiger charge is 2.29. The molecule has 0 aromatic carbocycles. The number of quaternary nitrogens is 2. The van der Waals surface area contributed by atoms with Gasteiger partial charge in [0.15, 0.2) is 24.4 Å². The maximum absolute atomic E-state index is 9.77. The lowest BCUT2D eigenvalue weighted by atomic mass is 10.2. The van der Waals surface area contributed by atoms with Crippen molar-refractivity contribution in [3.05, 3.63) is 0 Å². The number of carbonyl (C=O) groups excluding carboxylic acids is 2. The van der Waals surface area contributed by atoms with Gasteiger partial charge in [-0.15, -0.1) is 0 Å². The van der Waals surface area contributed by atoms with Crippen LogP contribution in [0.3, 0.4) is 0 Å². The lowest BCUT2D eigenvalue weighted by Crippen LogP contribution is -2.47. The molecule has 0 radical (unpaired) electrons. The summed E-state index contributed by atoms with van der Waals surface area (Å²) in [6, 6.07) is 0. The first-order valence-corrected chi connectivity index (χ1v) is 15.0. The summed E-state index contributed by atoms with van der Waals surface area (Å²) in [6.45, 7) is 28.4. The molecule has 0 aliphatic carbocycles. The van der Waals surface area contributed by atoms with E-state index >= 15 is 0 Å². The van der Waals surface area contributed by atoms with Crippen molar-refractivity contribution >= 4 is 35.8 Å². The third-order valence-corrected chi connectivity index (χ3v) is 7.76. The molecule has 12 N–H and O–H groups in total. The Morgan fingerprint density at radius 3 is 0.551 bits per heavy atom. The number of carboxylic acid groups (broad SMARTS) is 6. The van der Waals surface area contributed by atoms with Gasteiger partial charge in [-0.3, -0.25) is 0 Å². The van der Waals surface area contributed by atoms with Crippen molar-refractivity contribution in [3.8, 4) is 0 Å². The Bertz CT molecular complexity index is 746. The topological polar surface area (TPSA) is 382 Å². The number of aliphatic hydroxyl groups is 6. The third kappa shape index (κ3) is 25.1. The molecule has 21 nitrogen and oxygen atoms in total. The number of hydrogen-bond donors (Lipinski definition) is 10. The Morgan fingerprint density at radius 2 is 0.510 bits per heavy atom. The fourth-order valence-electron chi connectivity index (χ4n) is 3.48. The van der Waals surface area contributed by atoms with Gasteiger partial charge in [-0.1, -0.05) is 0 Å². The van der Waals surface area contributed by atoms with E-state index in [2.05, 4.69) is 55.4 Å². The number of nitrogens with zero attached hydrogens (tertiary/aromatic N) is 2. The third-order valence-electron chi connectivity index (χ3n) is 7.76. The lowest BCUT2D eigenvalue weighted by Gasteiger charge is -2.34. The van der Waals surface area contributed by atoms with Gasteiger partial charge < -0.3 is 85.3 Å². The monoisotopic (exact) mass is 726 g/mol. The molecule has 0 unspecified atom stereocenters. The number of hydrogen-bond acceptors (Lipinski definition) is 14. The molecular formula is C28H58N2O19. The van der Waals surface area contributed by atoms with Crippen LogP contribution in [0.1, 0.15) is 55.4 Å². The predicted octanol–water partition coefficient (Wildman–Crippen LogP) is -6.10. The van der Waals surface area contributed by atoms with Crippen molar-refractivity contribution in [1.82, 2.24) is 0 Å². The molecular weight excluding hydrogens is 668 g/mol. The zero-order chi connectivity index (χ0) is 39.6. The molecule has 6 atom stereocenters. The van der Waals surface area contributed by atoms with Gasteiger partial charge in [0.1, 0.15) is 12.2 Å². The smallest absolute Gasteiger partial charge is 0.335 e. The van der Waals surface area contributed by atoms with E-state index < -0.39 is 72.4 Å². The summed E-state index contributed by atoms with van der Waals surface area (Å²) in [5.74, 6) is -11.2. The van der Waals surface area contributed by atoms with E-state index in [1.54, 1.807) is 0 Å². The molecule has 0 aromatic rings. The second-order valence-corrected chi connectivity index (χ2v) is 9.87. The van der Waals surface area contributed by atoms with E-state index in [-0.39, 0.29) is 5.48 Å². The summed E-state index contributed by atoms with van der Waals surface area (Å²) in [5.41, 5.74) is 0. The van der Waals surface area contributed by atoms with Crippen LogP contribution in [0.4, 0.5) is 0 Å². The Balaban J connectivity index is -0.000000117. The Labute approximate surface area is 285 Å². The summed E-state index contributed by atoms with van der Waals surface area (Å²) in [7, 11) is 0. The van der Waals surface area contributed by atoms with Crippen molar-refractivity contribution in [2.75, 3.05) is 52.4 Å². The van der Waals surface area contributed by atoms with Gasteiger partial charge >= 0.3 is 23.9 Å². The molecule has 0 rings (SSSR count). The highest BCUT2D eigenvalue weighted by Crippen LogP contribution is 2.04. The fraction of sp³-hybridized carbons (Fsp3) is 0.786. The van der Waals surface area contributed by atoms with Crippen LogP contribution in [-0.2, 0) is 28.8 Å². The summed E-state index contributed by atoms with van der Waals surface area (Å²) in [6.07, 6.45) is -13.9. The van der Waals surface area contributed by atoms with Crippen LogP contribution < -0.4 is 10.2 Å². The number of aliphatic carboxylic acids is 6. The van der Waals surface area contributed by atoms with Crippen molar-refractivity contribution in [1.29, 1.82) is 0 Å². The molecule has 0 aliphatic rings. The molecule has 0 bridgehead atoms. The largest absolute Gasteiger partial charge is 0.547 e. The highest BCUT2D eigenvalue weighted by molar-refractivity contribution is 5.83. The Kier molecular flexibility index (Phi) is 35.9. The van der Waals surface area contributed by atoms with E-state index in [4.69, 9.17) is 51.1 Å². The molecule has 49 heavy (non-hydrogen) atoms. The van der Waals surface area contributed by atoms with Crippen LogP contribution in [0, 0.1) is 0 Å². The second kappa shape index (κ2) is 30.5. The first-order valence-electron chi connectivity index (χ1n) is 15.0. The SMILES string of the molecule is CC[N+](CC)(CC)CC.CC[N+](CC)(CC)CC.O.O=C(O)[C@@H](O)[C@H](O)C(=O)O.O=C([O-])[C@@H](O)[C@H](O)C(=O)O.O=C([O-])[C@@H](O)[C@H](O)C(=O)O. The molecule has 0 fully saturated rings. The molecule has 0 aromatic heterocycles. The van der Waals surface area contributed by atoms with E-state index in [1.807, 2.05) is 0 Å². The zero-order valence-corrected chi connectivity index (χ0v) is 29.3. The average Bonchev–Trinajstić information content (AvgIpc) is 3.06. The first kappa shape index (κ1) is 57.7. The maximum atomic E-state index is 9.77. The number of carbonyl (C=O) groups is 6. The highest BCUT2D eigenvalue weighted by atomic mass is 16.5. The number of carboxylic acids is 6. The zero-order valence-electron chi connectivity index (χ0n) is 29.3. The van der Waals surface area contributed by atoms with Crippen LogP contribution >= 0.6 is 0 Å². The second-order valence-electron chi connectivity index (χ2n) is 9.87. The van der Waals surface area contributed by atoms with Crippen LogP contribution in [0.15, 0.2) is 0 Å². The van der Waals surface area contributed by atoms with E-state index in [0.29, 0.717) is 0 Å². The van der Waals surface area contributed by atoms with Gasteiger partial charge in [0, 0.05) is 0 Å². The Morgan fingerprint density at radius 1 is 0.388 bits per heavy atom. The van der Waals surface area contributed by atoms with Gasteiger partial charge in [0.25, 0.3) is 0 Å². The summed E-state index contributed by atoms with van der Waals surface area (Å²) in [4.78, 5) is 58.4. The number of aliphatic hydroxyl groups excluding tert-OH is 6. The fourth-order valence-corrected chi connectivity index (χ4v) is 3.48. The lowest BCUT2D eigenvalue weighted by molar-refractivity contribution is -0.921. The quantitative estimate of drug-likeness (QED) is 0.0623. The summed E-state index contributed by atoms with van der Waals surface area (Å²) in [5, 5.41) is 101. The van der Waals surface area contributed by atoms with E-state index in [0.717, 1.165) is 0 Å². The summed E-state index contributed by atoms with van der Waals surface area (Å²) >= 11 is 0. The van der Waals surface area contributed by atoms with Crippen LogP contribution in [0.2, 0.25) is 0 Å². The molecule has 21 heteroatoms. The van der Waals surface area contributed by atoms with Gasteiger partial charge in [-0.25, -0.2) is 19.2 Å². The minimum Gasteiger partial charge on any atom is -0.547 e. The molecule has 0 saturated carbocycles. The van der Waals surface area contributed by atoms with E-state index in [1.165, 1.54) is 61.3 Å². The van der Waals surface area contributed by atoms with E-state index in [9.17, 15) is 39.0 Å². The van der Waals surface area contributed by atoms with Crippen molar-refractivity contribution in [2.24, 2.45) is 0 Å². The van der Waals surface area contributed by atoms with Gasteiger partial charge in [0.2, 0.25) is 0 Å². The van der Waals surface area contributed by atoms with Gasteiger partial charge in [0.05, 0.1) is 64.3 Å². The van der Waals surface area contributed by atoms with Crippen molar-refractivity contribution < 1.29 is 104 Å². The Hall–Kier alpha value is -3.54. The standard InChI is InChI=1S/2C8H20N.3C4H6O6.H2O/c2*1-5-9(6-2,7-3)8-4;3*5-1(3(7)8)2(6)4(9)10;/h2*5-8H2,1-4H3;3*1-2,5-6H,(H,7,8)(H,9,10);1H2/q2*+1;;;;/p-2/t;;3*1-,2-;/m..000./s1. The first-order chi connectivity index (χ1) is 21.9. The minimum absolute atomic E-state index is 0. The molecule has 0 heterocycles. The molecule has 294 valence electrons. The molecule has 0 amide bonds. The van der Waals surface area contributed by atoms with Gasteiger partial charge in [-0.05, 0) is 55.4 Å². The molecule has 0 saturated heterocycles. The van der Waals surface area contributed by atoms with Crippen LogP contribution in [-0.4, -0.2) is 190 Å². The maximum Gasteiger partial charge on any atom is 0.335 e. The van der Waals surface area contributed by atoms with Crippen molar-refractivity contribution in [3.63, 3.8) is 0 Å².